The van der Waals surface area contributed by atoms with Gasteiger partial charge in [-0.1, -0.05) is 27.5 Å². The zero-order valence-electron chi connectivity index (χ0n) is 9.62. The topological polar surface area (TPSA) is 58.2 Å². The quantitative estimate of drug-likeness (QED) is 0.875. The summed E-state index contributed by atoms with van der Waals surface area (Å²) >= 11 is 9.24. The Bertz CT molecular complexity index is 530. The molecular weight excluding hydrogens is 340 g/mol. The summed E-state index contributed by atoms with van der Waals surface area (Å²) in [7, 11) is -3.38. The van der Waals surface area contributed by atoms with E-state index in [1.54, 1.807) is 18.2 Å². The van der Waals surface area contributed by atoms with Crippen molar-refractivity contribution in [2.75, 3.05) is 17.0 Å². The highest BCUT2D eigenvalue weighted by atomic mass is 79.9. The van der Waals surface area contributed by atoms with Crippen molar-refractivity contribution < 1.29 is 8.42 Å². The molecule has 0 aliphatic carbocycles. The third-order valence-electron chi connectivity index (χ3n) is 2.78. The summed E-state index contributed by atoms with van der Waals surface area (Å²) < 4.78 is 27.3. The van der Waals surface area contributed by atoms with Gasteiger partial charge in [0.05, 0.1) is 16.5 Å². The van der Waals surface area contributed by atoms with E-state index in [-0.39, 0.29) is 11.8 Å². The van der Waals surface area contributed by atoms with Gasteiger partial charge in [0.1, 0.15) is 0 Å². The first-order valence-electron chi connectivity index (χ1n) is 5.65. The van der Waals surface area contributed by atoms with E-state index < -0.39 is 10.0 Å². The van der Waals surface area contributed by atoms with Crippen molar-refractivity contribution in [2.45, 2.75) is 18.9 Å². The number of hydrogen-bond donors (Lipinski definition) is 2. The molecule has 1 heterocycles. The van der Waals surface area contributed by atoms with Crippen LogP contribution in [0.4, 0.5) is 5.69 Å². The van der Waals surface area contributed by atoms with Gasteiger partial charge in [0.2, 0.25) is 10.0 Å². The third-order valence-corrected chi connectivity index (χ3v) is 4.97. The Hall–Kier alpha value is -0.300. The summed E-state index contributed by atoms with van der Waals surface area (Å²) in [4.78, 5) is 0. The van der Waals surface area contributed by atoms with Crippen LogP contribution in [0.2, 0.25) is 5.02 Å². The Morgan fingerprint density at radius 2 is 2.28 bits per heavy atom. The zero-order valence-corrected chi connectivity index (χ0v) is 12.8. The molecule has 0 spiro atoms. The maximum Gasteiger partial charge on any atom is 0.234 e. The summed E-state index contributed by atoms with van der Waals surface area (Å²) in [5.74, 6) is 0.0792. The van der Waals surface area contributed by atoms with E-state index in [1.807, 2.05) is 0 Å². The second-order valence-electron chi connectivity index (χ2n) is 4.30. The SMILES string of the molecule is O=S(=O)(CC1CCCN1)Nc1cc(Br)ccc1Cl. The number of sulfonamides is 1. The lowest BCUT2D eigenvalue weighted by Crippen LogP contribution is -2.32. The molecule has 0 radical (unpaired) electrons. The van der Waals surface area contributed by atoms with Gasteiger partial charge in [0.15, 0.2) is 0 Å². The smallest absolute Gasteiger partial charge is 0.234 e. The molecule has 2 rings (SSSR count). The van der Waals surface area contributed by atoms with Crippen LogP contribution >= 0.6 is 27.5 Å². The molecule has 0 saturated carbocycles. The minimum absolute atomic E-state index is 0.0356. The molecule has 0 bridgehead atoms. The van der Waals surface area contributed by atoms with Crippen molar-refractivity contribution in [3.63, 3.8) is 0 Å². The van der Waals surface area contributed by atoms with Crippen molar-refractivity contribution in [3.05, 3.63) is 27.7 Å². The molecule has 18 heavy (non-hydrogen) atoms. The molecular formula is C11H14BrClN2O2S. The lowest BCUT2D eigenvalue weighted by Gasteiger charge is -2.13. The maximum absolute atomic E-state index is 12.0. The molecule has 100 valence electrons. The second-order valence-corrected chi connectivity index (χ2v) is 7.39. The molecule has 1 aliphatic rings. The first-order chi connectivity index (χ1) is 8.46. The van der Waals surface area contributed by atoms with Crippen LogP contribution in [-0.2, 0) is 10.0 Å². The summed E-state index contributed by atoms with van der Waals surface area (Å²) in [6.07, 6.45) is 1.92. The number of rotatable bonds is 4. The number of nitrogens with one attached hydrogen (secondary N) is 2. The van der Waals surface area contributed by atoms with Crippen LogP contribution in [-0.4, -0.2) is 26.8 Å². The van der Waals surface area contributed by atoms with Crippen LogP contribution in [0.5, 0.6) is 0 Å². The largest absolute Gasteiger partial charge is 0.313 e. The molecule has 7 heteroatoms. The summed E-state index contributed by atoms with van der Waals surface area (Å²) in [6, 6.07) is 5.10. The number of hydrogen-bond acceptors (Lipinski definition) is 3. The molecule has 4 nitrogen and oxygen atoms in total. The molecule has 1 aliphatic heterocycles. The van der Waals surface area contributed by atoms with Gasteiger partial charge in [0.25, 0.3) is 0 Å². The molecule has 1 unspecified atom stereocenters. The minimum atomic E-state index is -3.38. The minimum Gasteiger partial charge on any atom is -0.313 e. The Kier molecular flexibility index (Phi) is 4.53. The summed E-state index contributed by atoms with van der Waals surface area (Å²) in [5, 5.41) is 3.55. The third kappa shape index (κ3) is 3.85. The monoisotopic (exact) mass is 352 g/mol. The van der Waals surface area contributed by atoms with Crippen LogP contribution in [0, 0.1) is 0 Å². The Balaban J connectivity index is 2.09. The van der Waals surface area contributed by atoms with Crippen molar-refractivity contribution in [1.29, 1.82) is 0 Å². The average Bonchev–Trinajstić information content (AvgIpc) is 2.75. The van der Waals surface area contributed by atoms with E-state index in [0.29, 0.717) is 10.7 Å². The van der Waals surface area contributed by atoms with Gasteiger partial charge in [-0.05, 0) is 37.6 Å². The van der Waals surface area contributed by atoms with E-state index in [9.17, 15) is 8.42 Å². The molecule has 1 saturated heterocycles. The van der Waals surface area contributed by atoms with Gasteiger partial charge in [-0.15, -0.1) is 0 Å². The van der Waals surface area contributed by atoms with Gasteiger partial charge < -0.3 is 5.32 Å². The van der Waals surface area contributed by atoms with Gasteiger partial charge in [-0.25, -0.2) is 8.42 Å². The first kappa shape index (κ1) is 14.1. The summed E-state index contributed by atoms with van der Waals surface area (Å²) in [6.45, 7) is 0.887. The van der Waals surface area contributed by atoms with E-state index >= 15 is 0 Å². The number of benzene rings is 1. The number of halogens is 2. The van der Waals surface area contributed by atoms with E-state index in [2.05, 4.69) is 26.0 Å². The van der Waals surface area contributed by atoms with Gasteiger partial charge in [-0.3, -0.25) is 4.72 Å². The lowest BCUT2D eigenvalue weighted by atomic mass is 10.3. The molecule has 0 aromatic heterocycles. The highest BCUT2D eigenvalue weighted by Crippen LogP contribution is 2.26. The molecule has 2 N–H and O–H groups in total. The first-order valence-corrected chi connectivity index (χ1v) is 8.47. The lowest BCUT2D eigenvalue weighted by molar-refractivity contribution is 0.582. The Morgan fingerprint density at radius 1 is 1.50 bits per heavy atom. The standard InChI is InChI=1S/C11H14BrClN2O2S/c12-8-3-4-10(13)11(6-8)15-18(16,17)7-9-2-1-5-14-9/h3-4,6,9,14-15H,1-2,5,7H2. The molecule has 1 aromatic carbocycles. The van der Waals surface area contributed by atoms with E-state index in [0.717, 1.165) is 23.9 Å². The van der Waals surface area contributed by atoms with Crippen LogP contribution < -0.4 is 10.0 Å². The van der Waals surface area contributed by atoms with Gasteiger partial charge in [-0.2, -0.15) is 0 Å². The highest BCUT2D eigenvalue weighted by Gasteiger charge is 2.22. The van der Waals surface area contributed by atoms with Crippen molar-refractivity contribution in [3.8, 4) is 0 Å². The summed E-state index contributed by atoms with van der Waals surface area (Å²) in [5.41, 5.74) is 0.407. The predicted octanol–water partition coefficient (Wildman–Crippen LogP) is 2.60. The fourth-order valence-electron chi connectivity index (χ4n) is 1.95. The van der Waals surface area contributed by atoms with Crippen LogP contribution in [0.1, 0.15) is 12.8 Å². The molecule has 1 aromatic rings. The fraction of sp³-hybridized carbons (Fsp3) is 0.455. The van der Waals surface area contributed by atoms with E-state index in [4.69, 9.17) is 11.6 Å². The molecule has 0 amide bonds. The van der Waals surface area contributed by atoms with Gasteiger partial charge in [0, 0.05) is 10.5 Å². The van der Waals surface area contributed by atoms with Crippen LogP contribution in [0.15, 0.2) is 22.7 Å². The normalized spacial score (nSPS) is 20.0. The van der Waals surface area contributed by atoms with Crippen LogP contribution in [0.3, 0.4) is 0 Å². The Morgan fingerprint density at radius 3 is 2.94 bits per heavy atom. The molecule has 1 fully saturated rings. The average molecular weight is 354 g/mol. The second kappa shape index (κ2) is 5.77. The van der Waals surface area contributed by atoms with Crippen LogP contribution in [0.25, 0.3) is 0 Å². The Labute approximate surface area is 120 Å². The van der Waals surface area contributed by atoms with E-state index in [1.165, 1.54) is 0 Å². The van der Waals surface area contributed by atoms with Crippen molar-refractivity contribution in [2.24, 2.45) is 0 Å². The zero-order chi connectivity index (χ0) is 13.2. The van der Waals surface area contributed by atoms with Crippen molar-refractivity contribution >= 4 is 43.2 Å². The van der Waals surface area contributed by atoms with Crippen molar-refractivity contribution in [1.82, 2.24) is 5.32 Å². The maximum atomic E-state index is 12.0. The highest BCUT2D eigenvalue weighted by molar-refractivity contribution is 9.10. The number of anilines is 1. The fourth-order valence-corrected chi connectivity index (χ4v) is 3.93. The predicted molar refractivity (Wildman–Crippen MR) is 77.6 cm³/mol. The van der Waals surface area contributed by atoms with Gasteiger partial charge >= 0.3 is 0 Å². The molecule has 1 atom stereocenters.